The molecule has 27 heavy (non-hydrogen) atoms. The number of rotatable bonds is 8. The van der Waals surface area contributed by atoms with Crippen LogP contribution in [0.2, 0.25) is 0 Å². The third-order valence-corrected chi connectivity index (χ3v) is 6.68. The molecule has 0 radical (unpaired) electrons. The molecule has 0 saturated carbocycles. The maximum Gasteiger partial charge on any atom is 0.178 e. The molecular formula is C21H33N3O2S. The highest BCUT2D eigenvalue weighted by Crippen LogP contribution is 2.34. The molecule has 1 aliphatic heterocycles. The summed E-state index contributed by atoms with van der Waals surface area (Å²) in [6.45, 7) is 9.31. The Morgan fingerprint density at radius 1 is 1.30 bits per heavy atom. The number of hydrogen-bond donors (Lipinski definition) is 3. The summed E-state index contributed by atoms with van der Waals surface area (Å²) in [5.74, 6) is 0.580. The first kappa shape index (κ1) is 20.4. The highest BCUT2D eigenvalue weighted by Gasteiger charge is 2.26. The molecular weight excluding hydrogens is 358 g/mol. The predicted octanol–water partition coefficient (Wildman–Crippen LogP) is 4.91. The molecule has 1 fully saturated rings. The Morgan fingerprint density at radius 3 is 2.70 bits per heavy atom. The molecule has 3 rings (SSSR count). The number of aromatic nitrogens is 1. The number of hydrogen-bond acceptors (Lipinski definition) is 3. The highest BCUT2D eigenvalue weighted by atomic mass is 32.2. The summed E-state index contributed by atoms with van der Waals surface area (Å²) in [6.07, 6.45) is 8.47. The van der Waals surface area contributed by atoms with Crippen molar-refractivity contribution in [3.8, 4) is 0 Å². The number of piperidine rings is 1. The van der Waals surface area contributed by atoms with Crippen molar-refractivity contribution in [2.75, 3.05) is 25.0 Å². The predicted molar refractivity (Wildman–Crippen MR) is 115 cm³/mol. The number of anilines is 1. The highest BCUT2D eigenvalue weighted by molar-refractivity contribution is 7.80. The van der Waals surface area contributed by atoms with Gasteiger partial charge >= 0.3 is 0 Å². The first-order valence-corrected chi connectivity index (χ1v) is 11.2. The van der Waals surface area contributed by atoms with Crippen molar-refractivity contribution in [3.63, 3.8) is 0 Å². The van der Waals surface area contributed by atoms with Gasteiger partial charge in [0.25, 0.3) is 0 Å². The smallest absolute Gasteiger partial charge is 0.178 e. The van der Waals surface area contributed by atoms with E-state index >= 15 is 0 Å². The molecule has 1 saturated heterocycles. The van der Waals surface area contributed by atoms with E-state index in [1.807, 2.05) is 6.07 Å². The molecule has 0 aliphatic carbocycles. The number of likely N-dealkylation sites (tertiary alicyclic amines) is 1. The van der Waals surface area contributed by atoms with Crippen LogP contribution in [-0.4, -0.2) is 43.2 Å². The monoisotopic (exact) mass is 391 g/mol. The fourth-order valence-corrected chi connectivity index (χ4v) is 4.21. The topological polar surface area (TPSA) is 68.4 Å². The van der Waals surface area contributed by atoms with Gasteiger partial charge in [-0.1, -0.05) is 19.8 Å². The summed E-state index contributed by atoms with van der Waals surface area (Å²) in [7, 11) is 0. The van der Waals surface area contributed by atoms with Gasteiger partial charge in [-0.25, -0.2) is 4.21 Å². The Bertz CT molecular complexity index is 779. The van der Waals surface area contributed by atoms with E-state index < -0.39 is 16.0 Å². The van der Waals surface area contributed by atoms with Gasteiger partial charge in [-0.15, -0.1) is 0 Å². The van der Waals surface area contributed by atoms with E-state index in [4.69, 9.17) is 0 Å². The second-order valence-electron chi connectivity index (χ2n) is 8.21. The molecule has 5 nitrogen and oxygen atoms in total. The van der Waals surface area contributed by atoms with Crippen molar-refractivity contribution < 1.29 is 8.76 Å². The van der Waals surface area contributed by atoms with Crippen LogP contribution in [0.4, 0.5) is 5.69 Å². The number of unbranched alkanes of at least 4 members (excludes halogenated alkanes) is 2. The summed E-state index contributed by atoms with van der Waals surface area (Å²) in [6, 6.07) is 6.13. The molecule has 1 aromatic carbocycles. The summed E-state index contributed by atoms with van der Waals surface area (Å²) < 4.78 is 21.0. The number of H-pyrrole nitrogens is 1. The summed E-state index contributed by atoms with van der Waals surface area (Å²) >= 11 is -1.94. The molecule has 1 aromatic heterocycles. The van der Waals surface area contributed by atoms with Gasteiger partial charge in [0, 0.05) is 22.8 Å². The van der Waals surface area contributed by atoms with Crippen molar-refractivity contribution in [1.82, 2.24) is 9.88 Å². The molecule has 6 heteroatoms. The molecule has 1 atom stereocenters. The molecule has 3 N–H and O–H groups in total. The fourth-order valence-electron chi connectivity index (χ4n) is 4.00. The Labute approximate surface area is 165 Å². The van der Waals surface area contributed by atoms with Crippen molar-refractivity contribution in [1.29, 1.82) is 0 Å². The maximum absolute atomic E-state index is 11.5. The minimum absolute atomic E-state index is 0.580. The third kappa shape index (κ3) is 4.92. The Kier molecular flexibility index (Phi) is 6.61. The molecule has 0 spiro atoms. The van der Waals surface area contributed by atoms with Crippen LogP contribution in [0.3, 0.4) is 0 Å². The normalized spacial score (nSPS) is 18.1. The molecule has 0 amide bonds. The van der Waals surface area contributed by atoms with Gasteiger partial charge < -0.3 is 19.8 Å². The SMILES string of the molecule is CCCCCN1CCC(c2c[nH]c3ccc(NC(C)(C)S(=O)O)cc23)CC1. The molecule has 1 unspecified atom stereocenters. The lowest BCUT2D eigenvalue weighted by Gasteiger charge is -2.32. The zero-order chi connectivity index (χ0) is 19.4. The first-order chi connectivity index (χ1) is 12.9. The van der Waals surface area contributed by atoms with E-state index in [2.05, 4.69) is 40.5 Å². The zero-order valence-corrected chi connectivity index (χ0v) is 17.6. The Hall–Kier alpha value is -1.37. The van der Waals surface area contributed by atoms with Crippen LogP contribution < -0.4 is 5.32 Å². The minimum atomic E-state index is -1.94. The van der Waals surface area contributed by atoms with E-state index in [1.165, 1.54) is 62.7 Å². The van der Waals surface area contributed by atoms with Gasteiger partial charge in [0.15, 0.2) is 11.1 Å². The maximum atomic E-state index is 11.5. The average molecular weight is 392 g/mol. The van der Waals surface area contributed by atoms with E-state index in [-0.39, 0.29) is 0 Å². The average Bonchev–Trinajstić information content (AvgIpc) is 3.05. The van der Waals surface area contributed by atoms with Crippen LogP contribution in [0.1, 0.15) is 64.4 Å². The number of nitrogens with one attached hydrogen (secondary N) is 2. The van der Waals surface area contributed by atoms with E-state index in [0.717, 1.165) is 11.2 Å². The van der Waals surface area contributed by atoms with E-state index in [9.17, 15) is 8.76 Å². The summed E-state index contributed by atoms with van der Waals surface area (Å²) in [5, 5.41) is 4.42. The van der Waals surface area contributed by atoms with Crippen molar-refractivity contribution >= 4 is 27.7 Å². The standard InChI is InChI=1S/C21H33N3O2S/c1-4-5-6-11-24-12-9-16(10-13-24)19-15-22-20-8-7-17(14-18(19)20)23-21(2,3)27(25)26/h7-8,14-16,22-23H,4-6,9-13H2,1-3H3,(H,25,26). The number of aromatic amines is 1. The fraction of sp³-hybridized carbons (Fsp3) is 0.619. The van der Waals surface area contributed by atoms with Crippen molar-refractivity contribution in [3.05, 3.63) is 30.0 Å². The van der Waals surface area contributed by atoms with Gasteiger partial charge in [-0.05, 0) is 82.4 Å². The second-order valence-corrected chi connectivity index (χ2v) is 9.73. The van der Waals surface area contributed by atoms with Crippen LogP contribution in [0.25, 0.3) is 10.9 Å². The number of fused-ring (bicyclic) bond motifs is 1. The number of benzene rings is 1. The van der Waals surface area contributed by atoms with Crippen molar-refractivity contribution in [2.45, 2.75) is 63.7 Å². The lowest BCUT2D eigenvalue weighted by molar-refractivity contribution is 0.209. The van der Waals surface area contributed by atoms with Crippen LogP contribution in [0.15, 0.2) is 24.4 Å². The van der Waals surface area contributed by atoms with E-state index in [0.29, 0.717) is 5.92 Å². The first-order valence-electron chi connectivity index (χ1n) is 10.1. The lowest BCUT2D eigenvalue weighted by atomic mass is 9.89. The molecule has 2 aromatic rings. The Balaban J connectivity index is 1.70. The summed E-state index contributed by atoms with van der Waals surface area (Å²) in [4.78, 5) is 5.12. The molecule has 2 heterocycles. The van der Waals surface area contributed by atoms with Crippen LogP contribution in [0.5, 0.6) is 0 Å². The van der Waals surface area contributed by atoms with Gasteiger partial charge in [-0.3, -0.25) is 0 Å². The summed E-state index contributed by atoms with van der Waals surface area (Å²) in [5.41, 5.74) is 3.39. The molecule has 1 aliphatic rings. The van der Waals surface area contributed by atoms with Gasteiger partial charge in [0.1, 0.15) is 4.87 Å². The van der Waals surface area contributed by atoms with Crippen LogP contribution in [-0.2, 0) is 11.1 Å². The molecule has 150 valence electrons. The second kappa shape index (κ2) is 8.76. The van der Waals surface area contributed by atoms with Crippen LogP contribution in [0, 0.1) is 0 Å². The lowest BCUT2D eigenvalue weighted by Crippen LogP contribution is -2.35. The Morgan fingerprint density at radius 2 is 2.04 bits per heavy atom. The molecule has 0 bridgehead atoms. The van der Waals surface area contributed by atoms with Gasteiger partial charge in [-0.2, -0.15) is 0 Å². The zero-order valence-electron chi connectivity index (χ0n) is 16.8. The van der Waals surface area contributed by atoms with Gasteiger partial charge in [0.2, 0.25) is 0 Å². The van der Waals surface area contributed by atoms with Gasteiger partial charge in [0.05, 0.1) is 0 Å². The minimum Gasteiger partial charge on any atom is -0.367 e. The third-order valence-electron chi connectivity index (χ3n) is 5.70. The largest absolute Gasteiger partial charge is 0.367 e. The van der Waals surface area contributed by atoms with E-state index in [1.54, 1.807) is 13.8 Å². The number of nitrogens with zero attached hydrogens (tertiary/aromatic N) is 1. The quantitative estimate of drug-likeness (QED) is 0.442. The van der Waals surface area contributed by atoms with Crippen LogP contribution >= 0.6 is 0 Å². The van der Waals surface area contributed by atoms with Crippen molar-refractivity contribution in [2.24, 2.45) is 0 Å².